The van der Waals surface area contributed by atoms with E-state index in [1.807, 2.05) is 13.8 Å². The molecular weight excluding hydrogens is 441 g/mol. The molecule has 166 valence electrons. The van der Waals surface area contributed by atoms with E-state index in [9.17, 15) is 14.4 Å². The van der Waals surface area contributed by atoms with E-state index >= 15 is 0 Å². The lowest BCUT2D eigenvalue weighted by Crippen LogP contribution is -2.51. The van der Waals surface area contributed by atoms with E-state index in [-0.39, 0.29) is 24.3 Å². The van der Waals surface area contributed by atoms with Gasteiger partial charge in [0.25, 0.3) is 5.91 Å². The van der Waals surface area contributed by atoms with Crippen LogP contribution in [-0.2, 0) is 9.59 Å². The van der Waals surface area contributed by atoms with Gasteiger partial charge in [0.1, 0.15) is 11.8 Å². The number of amides is 3. The van der Waals surface area contributed by atoms with Crippen molar-refractivity contribution < 1.29 is 19.1 Å². The molecule has 31 heavy (non-hydrogen) atoms. The number of carbonyl (C=O) groups excluding carboxylic acids is 3. The third-order valence-corrected chi connectivity index (χ3v) is 5.27. The lowest BCUT2D eigenvalue weighted by Gasteiger charge is -2.27. The van der Waals surface area contributed by atoms with Crippen molar-refractivity contribution in [3.8, 4) is 5.75 Å². The molecule has 2 aromatic rings. The Hall–Kier alpha value is -2.77. The van der Waals surface area contributed by atoms with E-state index in [0.29, 0.717) is 27.0 Å². The first-order valence-electron chi connectivity index (χ1n) is 9.57. The molecule has 9 heteroatoms. The summed E-state index contributed by atoms with van der Waals surface area (Å²) in [7, 11) is 3.04. The quantitative estimate of drug-likeness (QED) is 0.619. The van der Waals surface area contributed by atoms with Gasteiger partial charge in [0.15, 0.2) is 0 Å². The fourth-order valence-corrected chi connectivity index (χ4v) is 3.08. The molecule has 0 fully saturated rings. The van der Waals surface area contributed by atoms with Crippen LogP contribution in [0.3, 0.4) is 0 Å². The van der Waals surface area contributed by atoms with Gasteiger partial charge in [-0.2, -0.15) is 0 Å². The summed E-state index contributed by atoms with van der Waals surface area (Å²) in [5.74, 6) is -0.723. The summed E-state index contributed by atoms with van der Waals surface area (Å²) in [6.45, 7) is 3.45. The topological polar surface area (TPSA) is 87.7 Å². The summed E-state index contributed by atoms with van der Waals surface area (Å²) in [6, 6.07) is 10.5. The lowest BCUT2D eigenvalue weighted by atomic mass is 10.0. The van der Waals surface area contributed by atoms with Gasteiger partial charge < -0.3 is 20.3 Å². The molecule has 1 atom stereocenters. The van der Waals surface area contributed by atoms with Crippen molar-refractivity contribution in [1.29, 1.82) is 0 Å². The van der Waals surface area contributed by atoms with Crippen LogP contribution in [0.5, 0.6) is 5.75 Å². The zero-order chi connectivity index (χ0) is 23.1. The van der Waals surface area contributed by atoms with Gasteiger partial charge in [0.2, 0.25) is 11.8 Å². The van der Waals surface area contributed by atoms with Crippen molar-refractivity contribution in [2.24, 2.45) is 5.92 Å². The smallest absolute Gasteiger partial charge is 0.251 e. The maximum Gasteiger partial charge on any atom is 0.251 e. The molecule has 0 aliphatic heterocycles. The summed E-state index contributed by atoms with van der Waals surface area (Å²) in [5, 5.41) is 6.10. The maximum atomic E-state index is 12.9. The molecule has 7 nitrogen and oxygen atoms in total. The second-order valence-electron chi connectivity index (χ2n) is 7.30. The molecule has 3 amide bonds. The Bertz CT molecular complexity index is 948. The number of hydrogen-bond donors (Lipinski definition) is 2. The Kier molecular flexibility index (Phi) is 8.71. The molecule has 0 aliphatic carbocycles. The van der Waals surface area contributed by atoms with Crippen LogP contribution in [0, 0.1) is 5.92 Å². The highest BCUT2D eigenvalue weighted by molar-refractivity contribution is 6.42. The number of halogens is 2. The number of methoxy groups -OCH3 is 1. The molecule has 0 radical (unpaired) electrons. The molecule has 0 saturated heterocycles. The molecule has 1 unspecified atom stereocenters. The fourth-order valence-electron chi connectivity index (χ4n) is 2.79. The van der Waals surface area contributed by atoms with Gasteiger partial charge in [0.05, 0.1) is 23.7 Å². The highest BCUT2D eigenvalue weighted by Crippen LogP contribution is 2.25. The van der Waals surface area contributed by atoms with E-state index < -0.39 is 11.9 Å². The first kappa shape index (κ1) is 24.5. The van der Waals surface area contributed by atoms with Crippen LogP contribution >= 0.6 is 23.2 Å². The van der Waals surface area contributed by atoms with Gasteiger partial charge in [-0.05, 0) is 48.4 Å². The largest absolute Gasteiger partial charge is 0.497 e. The van der Waals surface area contributed by atoms with Gasteiger partial charge in [-0.3, -0.25) is 14.4 Å². The minimum Gasteiger partial charge on any atom is -0.497 e. The highest BCUT2D eigenvalue weighted by Gasteiger charge is 2.28. The second-order valence-corrected chi connectivity index (χ2v) is 8.11. The fraction of sp³-hybridized carbons (Fsp3) is 0.318. The molecule has 0 heterocycles. The Labute approximate surface area is 191 Å². The van der Waals surface area contributed by atoms with E-state index in [2.05, 4.69) is 10.6 Å². The van der Waals surface area contributed by atoms with Crippen LogP contribution in [0.15, 0.2) is 42.5 Å². The van der Waals surface area contributed by atoms with Crippen molar-refractivity contribution in [2.75, 3.05) is 26.0 Å². The van der Waals surface area contributed by atoms with E-state index in [1.54, 1.807) is 36.4 Å². The zero-order valence-corrected chi connectivity index (χ0v) is 19.3. The number of rotatable bonds is 8. The first-order chi connectivity index (χ1) is 14.6. The lowest BCUT2D eigenvalue weighted by molar-refractivity contribution is -0.135. The van der Waals surface area contributed by atoms with Gasteiger partial charge in [-0.1, -0.05) is 37.0 Å². The number of nitrogens with one attached hydrogen (secondary N) is 2. The second kappa shape index (κ2) is 11.0. The molecule has 2 rings (SSSR count). The summed E-state index contributed by atoms with van der Waals surface area (Å²) in [6.07, 6.45) is 0. The van der Waals surface area contributed by atoms with Crippen molar-refractivity contribution in [3.63, 3.8) is 0 Å². The molecule has 0 saturated carbocycles. The standard InChI is InChI=1S/C22H25Cl2N3O4/c1-13(2)20(26-21(29)14-5-8-16(31-4)9-6-14)22(30)27(3)12-19(28)25-15-7-10-17(23)18(24)11-15/h5-11,13,20H,12H2,1-4H3,(H,25,28)(H,26,29). The Balaban J connectivity index is 2.01. The predicted molar refractivity (Wildman–Crippen MR) is 122 cm³/mol. The molecule has 0 spiro atoms. The van der Waals surface area contributed by atoms with E-state index in [4.69, 9.17) is 27.9 Å². The van der Waals surface area contributed by atoms with Crippen molar-refractivity contribution in [3.05, 3.63) is 58.1 Å². The Morgan fingerprint density at radius 2 is 1.68 bits per heavy atom. The Morgan fingerprint density at radius 3 is 2.23 bits per heavy atom. The van der Waals surface area contributed by atoms with Crippen molar-refractivity contribution in [2.45, 2.75) is 19.9 Å². The number of benzene rings is 2. The predicted octanol–water partition coefficient (Wildman–Crippen LogP) is 3.85. The SMILES string of the molecule is COc1ccc(C(=O)NC(C(=O)N(C)CC(=O)Nc2ccc(Cl)c(Cl)c2)C(C)C)cc1. The van der Waals surface area contributed by atoms with Crippen molar-refractivity contribution in [1.82, 2.24) is 10.2 Å². The minimum absolute atomic E-state index is 0.185. The van der Waals surface area contributed by atoms with Gasteiger partial charge in [0, 0.05) is 18.3 Å². The van der Waals surface area contributed by atoms with Crippen LogP contribution in [0.1, 0.15) is 24.2 Å². The number of ether oxygens (including phenoxy) is 1. The third-order valence-electron chi connectivity index (χ3n) is 4.53. The average molecular weight is 466 g/mol. The summed E-state index contributed by atoms with van der Waals surface area (Å²) >= 11 is 11.8. The van der Waals surface area contributed by atoms with Crippen LogP contribution in [-0.4, -0.2) is 49.4 Å². The average Bonchev–Trinajstić information content (AvgIpc) is 2.73. The normalized spacial score (nSPS) is 11.6. The zero-order valence-electron chi connectivity index (χ0n) is 17.7. The minimum atomic E-state index is -0.794. The molecular formula is C22H25Cl2N3O4. The molecule has 0 aliphatic rings. The summed E-state index contributed by atoms with van der Waals surface area (Å²) in [5.41, 5.74) is 0.868. The van der Waals surface area contributed by atoms with Crippen LogP contribution in [0.2, 0.25) is 10.0 Å². The first-order valence-corrected chi connectivity index (χ1v) is 10.3. The highest BCUT2D eigenvalue weighted by atomic mass is 35.5. The van der Waals surface area contributed by atoms with Crippen LogP contribution < -0.4 is 15.4 Å². The third kappa shape index (κ3) is 6.87. The monoisotopic (exact) mass is 465 g/mol. The summed E-state index contributed by atoms with van der Waals surface area (Å²) < 4.78 is 5.09. The summed E-state index contributed by atoms with van der Waals surface area (Å²) in [4.78, 5) is 39.1. The maximum absolute atomic E-state index is 12.9. The Morgan fingerprint density at radius 1 is 1.03 bits per heavy atom. The van der Waals surface area contributed by atoms with E-state index in [0.717, 1.165) is 0 Å². The van der Waals surface area contributed by atoms with Gasteiger partial charge in [-0.25, -0.2) is 0 Å². The van der Waals surface area contributed by atoms with Gasteiger partial charge >= 0.3 is 0 Å². The van der Waals surface area contributed by atoms with E-state index in [1.165, 1.54) is 25.1 Å². The number of likely N-dealkylation sites (N-methyl/N-ethyl adjacent to an activating group) is 1. The molecule has 2 aromatic carbocycles. The van der Waals surface area contributed by atoms with Crippen LogP contribution in [0.25, 0.3) is 0 Å². The molecule has 0 bridgehead atoms. The molecule has 2 N–H and O–H groups in total. The number of carbonyl (C=O) groups is 3. The van der Waals surface area contributed by atoms with Crippen LogP contribution in [0.4, 0.5) is 5.69 Å². The molecule has 0 aromatic heterocycles. The van der Waals surface area contributed by atoms with Gasteiger partial charge in [-0.15, -0.1) is 0 Å². The number of nitrogens with zero attached hydrogens (tertiary/aromatic N) is 1. The number of hydrogen-bond acceptors (Lipinski definition) is 4. The van der Waals surface area contributed by atoms with Crippen molar-refractivity contribution >= 4 is 46.6 Å². The number of anilines is 1.